The number of rotatable bonds is 4. The van der Waals surface area contributed by atoms with E-state index in [9.17, 15) is 18.3 Å². The molecule has 2 heterocycles. The molecule has 0 spiro atoms. The summed E-state index contributed by atoms with van der Waals surface area (Å²) in [4.78, 5) is 14.0. The molecule has 1 saturated heterocycles. The average molecular weight is 274 g/mol. The number of aromatic nitrogens is 1. The van der Waals surface area contributed by atoms with Crippen molar-refractivity contribution in [2.75, 3.05) is 13.2 Å². The van der Waals surface area contributed by atoms with Crippen LogP contribution in [0.2, 0.25) is 0 Å². The fourth-order valence-corrected chi connectivity index (χ4v) is 3.27. The highest BCUT2D eigenvalue weighted by Gasteiger charge is 2.43. The van der Waals surface area contributed by atoms with E-state index in [1.807, 2.05) is 0 Å². The Morgan fingerprint density at radius 1 is 1.44 bits per heavy atom. The zero-order valence-electron chi connectivity index (χ0n) is 9.55. The molecule has 7 nitrogen and oxygen atoms in total. The maximum Gasteiger partial charge on any atom is 0.325 e. The van der Waals surface area contributed by atoms with E-state index < -0.39 is 21.5 Å². The lowest BCUT2D eigenvalue weighted by Crippen LogP contribution is -2.57. The molecule has 0 radical (unpaired) electrons. The van der Waals surface area contributed by atoms with Gasteiger partial charge in [0.25, 0.3) is 0 Å². The molecule has 100 valence electrons. The van der Waals surface area contributed by atoms with Crippen LogP contribution in [-0.4, -0.2) is 43.2 Å². The predicted octanol–water partition coefficient (Wildman–Crippen LogP) is -0.0732. The Morgan fingerprint density at radius 2 is 2.11 bits per heavy atom. The van der Waals surface area contributed by atoms with Crippen molar-refractivity contribution in [1.29, 1.82) is 0 Å². The molecule has 2 rings (SSSR count). The zero-order valence-corrected chi connectivity index (χ0v) is 10.4. The minimum Gasteiger partial charge on any atom is -0.480 e. The van der Waals surface area contributed by atoms with Crippen LogP contribution in [0.25, 0.3) is 0 Å². The van der Waals surface area contributed by atoms with Crippen LogP contribution < -0.4 is 4.72 Å². The molecule has 1 fully saturated rings. The second-order valence-electron chi connectivity index (χ2n) is 4.15. The van der Waals surface area contributed by atoms with E-state index >= 15 is 0 Å². The lowest BCUT2D eigenvalue weighted by Gasteiger charge is -2.33. The maximum absolute atomic E-state index is 12.0. The third kappa shape index (κ3) is 2.40. The molecular formula is C10H14N2O5S. The van der Waals surface area contributed by atoms with Gasteiger partial charge in [0.2, 0.25) is 10.0 Å². The minimum absolute atomic E-state index is 0.0228. The molecule has 0 bridgehead atoms. The fourth-order valence-electron chi connectivity index (χ4n) is 1.87. The highest BCUT2D eigenvalue weighted by Crippen LogP contribution is 2.24. The van der Waals surface area contributed by atoms with Crippen LogP contribution in [0.5, 0.6) is 0 Å². The Kier molecular flexibility index (Phi) is 3.42. The summed E-state index contributed by atoms with van der Waals surface area (Å²) in [6, 6.07) is 1.37. The van der Waals surface area contributed by atoms with E-state index in [1.165, 1.54) is 18.5 Å². The number of aliphatic carboxylic acids is 1. The van der Waals surface area contributed by atoms with Crippen molar-refractivity contribution in [3.63, 3.8) is 0 Å². The zero-order chi connectivity index (χ0) is 13.2. The van der Waals surface area contributed by atoms with Crippen molar-refractivity contribution >= 4 is 16.0 Å². The van der Waals surface area contributed by atoms with E-state index in [0.29, 0.717) is 0 Å². The first-order chi connectivity index (χ1) is 8.46. The molecule has 1 aliphatic rings. The summed E-state index contributed by atoms with van der Waals surface area (Å²) >= 11 is 0. The van der Waals surface area contributed by atoms with Gasteiger partial charge in [0.1, 0.15) is 5.54 Å². The number of hydrogen-bond acceptors (Lipinski definition) is 4. The molecule has 0 aliphatic carbocycles. The number of aromatic amines is 1. The molecule has 0 aromatic carbocycles. The van der Waals surface area contributed by atoms with Gasteiger partial charge < -0.3 is 14.8 Å². The van der Waals surface area contributed by atoms with Crippen LogP contribution in [0.1, 0.15) is 12.8 Å². The van der Waals surface area contributed by atoms with Crippen LogP contribution >= 0.6 is 0 Å². The van der Waals surface area contributed by atoms with Crippen LogP contribution in [0, 0.1) is 0 Å². The lowest BCUT2D eigenvalue weighted by molar-refractivity contribution is -0.147. The number of nitrogens with one attached hydrogen (secondary N) is 2. The molecule has 0 atom stereocenters. The second kappa shape index (κ2) is 4.71. The van der Waals surface area contributed by atoms with Crippen LogP contribution in [0.3, 0.4) is 0 Å². The van der Waals surface area contributed by atoms with Gasteiger partial charge in [0.05, 0.1) is 4.90 Å². The van der Waals surface area contributed by atoms with Gasteiger partial charge in [-0.05, 0) is 6.07 Å². The average Bonchev–Trinajstić information content (AvgIpc) is 2.83. The molecule has 0 amide bonds. The smallest absolute Gasteiger partial charge is 0.325 e. The van der Waals surface area contributed by atoms with Gasteiger partial charge in [0, 0.05) is 38.4 Å². The van der Waals surface area contributed by atoms with Crippen molar-refractivity contribution < 1.29 is 23.1 Å². The van der Waals surface area contributed by atoms with Gasteiger partial charge in [-0.1, -0.05) is 0 Å². The van der Waals surface area contributed by atoms with Crippen molar-refractivity contribution in [2.45, 2.75) is 23.3 Å². The Morgan fingerprint density at radius 3 is 2.61 bits per heavy atom. The minimum atomic E-state index is -3.84. The van der Waals surface area contributed by atoms with E-state index in [-0.39, 0.29) is 31.0 Å². The van der Waals surface area contributed by atoms with Crippen molar-refractivity contribution in [3.8, 4) is 0 Å². The summed E-state index contributed by atoms with van der Waals surface area (Å²) in [5, 5.41) is 9.26. The van der Waals surface area contributed by atoms with Crippen molar-refractivity contribution in [3.05, 3.63) is 18.5 Å². The predicted molar refractivity (Wildman–Crippen MR) is 61.5 cm³/mol. The highest BCUT2D eigenvalue weighted by atomic mass is 32.2. The van der Waals surface area contributed by atoms with Crippen molar-refractivity contribution in [2.24, 2.45) is 0 Å². The molecular weight excluding hydrogens is 260 g/mol. The van der Waals surface area contributed by atoms with E-state index in [1.54, 1.807) is 0 Å². The molecule has 1 aromatic rings. The number of carbonyl (C=O) groups is 1. The van der Waals surface area contributed by atoms with Crippen LogP contribution in [0.15, 0.2) is 23.4 Å². The highest BCUT2D eigenvalue weighted by molar-refractivity contribution is 7.89. The summed E-state index contributed by atoms with van der Waals surface area (Å²) < 4.78 is 31.4. The number of carboxylic acid groups (broad SMARTS) is 1. The quantitative estimate of drug-likeness (QED) is 0.712. The number of sulfonamides is 1. The molecule has 3 N–H and O–H groups in total. The standard InChI is InChI=1S/C10H14N2O5S/c13-9(14)10(2-5-17-6-3-10)12-18(15,16)8-1-4-11-7-8/h1,4,7,11-12H,2-3,5-6H2,(H,13,14). The van der Waals surface area contributed by atoms with E-state index in [4.69, 9.17) is 4.74 Å². The number of H-pyrrole nitrogens is 1. The Hall–Kier alpha value is -1.38. The summed E-state index contributed by atoms with van der Waals surface area (Å²) in [6.45, 7) is 0.448. The van der Waals surface area contributed by atoms with Gasteiger partial charge in [-0.2, -0.15) is 4.72 Å². The summed E-state index contributed by atoms with van der Waals surface area (Å²) in [5.41, 5.74) is -1.48. The molecule has 1 aliphatic heterocycles. The first-order valence-electron chi connectivity index (χ1n) is 5.44. The SMILES string of the molecule is O=C(O)C1(NS(=O)(=O)c2cc[nH]c2)CCOCC1. The van der Waals surface area contributed by atoms with Gasteiger partial charge in [-0.15, -0.1) is 0 Å². The fraction of sp³-hybridized carbons (Fsp3) is 0.500. The summed E-state index contributed by atoms with van der Waals surface area (Å²) in [7, 11) is -3.84. The largest absolute Gasteiger partial charge is 0.480 e. The number of ether oxygens (including phenoxy) is 1. The monoisotopic (exact) mass is 274 g/mol. The topological polar surface area (TPSA) is 108 Å². The molecule has 1 aromatic heterocycles. The molecule has 0 saturated carbocycles. The molecule has 0 unspecified atom stereocenters. The van der Waals surface area contributed by atoms with Gasteiger partial charge in [0.15, 0.2) is 0 Å². The van der Waals surface area contributed by atoms with Crippen molar-refractivity contribution in [1.82, 2.24) is 9.71 Å². The van der Waals surface area contributed by atoms with E-state index in [0.717, 1.165) is 0 Å². The second-order valence-corrected chi connectivity index (χ2v) is 5.83. The Labute approximate surface area is 104 Å². The maximum atomic E-state index is 12.0. The third-order valence-electron chi connectivity index (χ3n) is 2.97. The number of carboxylic acids is 1. The summed E-state index contributed by atoms with van der Waals surface area (Å²) in [6.07, 6.45) is 3.00. The van der Waals surface area contributed by atoms with Gasteiger partial charge in [-0.3, -0.25) is 4.79 Å². The molecule has 8 heteroatoms. The first kappa shape index (κ1) is 13.1. The van der Waals surface area contributed by atoms with Gasteiger partial charge in [-0.25, -0.2) is 8.42 Å². The summed E-state index contributed by atoms with van der Waals surface area (Å²) in [5.74, 6) is -1.18. The Bertz CT molecular complexity index is 516. The van der Waals surface area contributed by atoms with Crippen LogP contribution in [-0.2, 0) is 19.6 Å². The lowest BCUT2D eigenvalue weighted by atomic mass is 9.92. The first-order valence-corrected chi connectivity index (χ1v) is 6.92. The number of hydrogen-bond donors (Lipinski definition) is 3. The van der Waals surface area contributed by atoms with Gasteiger partial charge >= 0.3 is 5.97 Å². The van der Waals surface area contributed by atoms with E-state index in [2.05, 4.69) is 9.71 Å². The molecule has 18 heavy (non-hydrogen) atoms. The normalized spacial score (nSPS) is 19.6. The third-order valence-corrected chi connectivity index (χ3v) is 4.50. The Balaban J connectivity index is 2.27. The van der Waals surface area contributed by atoms with Crippen LogP contribution in [0.4, 0.5) is 0 Å².